The molecule has 1 rings (SSSR count). The fraction of sp³-hybridized carbons (Fsp3) is 0.533. The highest BCUT2D eigenvalue weighted by Gasteiger charge is 2.15. The molecule has 19 heavy (non-hydrogen) atoms. The van der Waals surface area contributed by atoms with Crippen LogP contribution in [0.4, 0.5) is 10.5 Å². The van der Waals surface area contributed by atoms with Crippen LogP contribution in [-0.2, 0) is 4.74 Å². The van der Waals surface area contributed by atoms with Gasteiger partial charge in [0.15, 0.2) is 0 Å². The monoisotopic (exact) mass is 264 g/mol. The molecule has 0 saturated carbocycles. The number of rotatable bonds is 7. The number of benzene rings is 1. The number of amides is 2. The number of hydrogen-bond donors (Lipinski definition) is 0. The van der Waals surface area contributed by atoms with Crippen LogP contribution in [0.25, 0.3) is 0 Å². The summed E-state index contributed by atoms with van der Waals surface area (Å²) in [5.41, 5.74) is 0.880. The lowest BCUT2D eigenvalue weighted by Gasteiger charge is -2.24. The smallest absolute Gasteiger partial charge is 0.325 e. The highest BCUT2D eigenvalue weighted by molar-refractivity contribution is 5.91. The van der Waals surface area contributed by atoms with Crippen molar-refractivity contribution >= 4 is 11.7 Å². The molecule has 0 aliphatic rings. The topological polar surface area (TPSA) is 32.8 Å². The molecule has 0 N–H and O–H groups in total. The summed E-state index contributed by atoms with van der Waals surface area (Å²) >= 11 is 0. The molecule has 1 aromatic carbocycles. The van der Waals surface area contributed by atoms with Crippen molar-refractivity contribution in [2.24, 2.45) is 0 Å². The van der Waals surface area contributed by atoms with E-state index in [1.807, 2.05) is 30.3 Å². The first-order chi connectivity index (χ1) is 9.16. The van der Waals surface area contributed by atoms with E-state index in [1.54, 1.807) is 23.9 Å². The first kappa shape index (κ1) is 15.5. The predicted octanol–water partition coefficient (Wildman–Crippen LogP) is 3.34. The molecule has 0 heterocycles. The van der Waals surface area contributed by atoms with Gasteiger partial charge in [-0.3, -0.25) is 4.90 Å². The number of para-hydroxylation sites is 1. The standard InChI is InChI=1S/C15H24N2O2/c1-4-5-9-12-19-13-16(2)15(18)17(3)14-10-7-6-8-11-14/h6-8,10-11H,4-5,9,12-13H2,1-3H3. The van der Waals surface area contributed by atoms with Gasteiger partial charge in [-0.05, 0) is 18.6 Å². The molecular weight excluding hydrogens is 240 g/mol. The maximum Gasteiger partial charge on any atom is 0.325 e. The maximum atomic E-state index is 12.1. The average molecular weight is 264 g/mol. The average Bonchev–Trinajstić information content (AvgIpc) is 2.46. The second-order valence-electron chi connectivity index (χ2n) is 4.62. The van der Waals surface area contributed by atoms with Crippen LogP contribution in [-0.4, -0.2) is 38.4 Å². The Morgan fingerprint density at radius 3 is 2.47 bits per heavy atom. The van der Waals surface area contributed by atoms with Gasteiger partial charge in [-0.15, -0.1) is 0 Å². The minimum Gasteiger partial charge on any atom is -0.361 e. The quantitative estimate of drug-likeness (QED) is 0.559. The zero-order valence-electron chi connectivity index (χ0n) is 12.1. The highest BCUT2D eigenvalue weighted by atomic mass is 16.5. The van der Waals surface area contributed by atoms with E-state index >= 15 is 0 Å². The van der Waals surface area contributed by atoms with Crippen molar-refractivity contribution in [2.75, 3.05) is 32.3 Å². The molecule has 0 fully saturated rings. The number of hydrogen-bond acceptors (Lipinski definition) is 2. The van der Waals surface area contributed by atoms with Crippen molar-refractivity contribution in [2.45, 2.75) is 26.2 Å². The summed E-state index contributed by atoms with van der Waals surface area (Å²) in [7, 11) is 3.52. The van der Waals surface area contributed by atoms with Crippen LogP contribution in [0.1, 0.15) is 26.2 Å². The van der Waals surface area contributed by atoms with E-state index in [0.29, 0.717) is 13.3 Å². The third-order valence-corrected chi connectivity index (χ3v) is 2.93. The number of carbonyl (C=O) groups is 1. The summed E-state index contributed by atoms with van der Waals surface area (Å²) in [6.45, 7) is 3.20. The molecule has 2 amide bonds. The van der Waals surface area contributed by atoms with Crippen LogP contribution in [0.3, 0.4) is 0 Å². The molecular formula is C15H24N2O2. The Bertz CT molecular complexity index is 368. The lowest BCUT2D eigenvalue weighted by Crippen LogP contribution is -2.40. The molecule has 0 aliphatic heterocycles. The third-order valence-electron chi connectivity index (χ3n) is 2.93. The van der Waals surface area contributed by atoms with Gasteiger partial charge in [-0.25, -0.2) is 4.79 Å². The van der Waals surface area contributed by atoms with E-state index in [2.05, 4.69) is 6.92 Å². The Labute approximate surface area is 116 Å². The van der Waals surface area contributed by atoms with E-state index in [-0.39, 0.29) is 6.03 Å². The largest absolute Gasteiger partial charge is 0.361 e. The van der Waals surface area contributed by atoms with Gasteiger partial charge in [0.2, 0.25) is 0 Å². The molecule has 0 unspecified atom stereocenters. The van der Waals surface area contributed by atoms with Crippen molar-refractivity contribution in [3.05, 3.63) is 30.3 Å². The van der Waals surface area contributed by atoms with Gasteiger partial charge in [0, 0.05) is 26.4 Å². The Morgan fingerprint density at radius 2 is 1.84 bits per heavy atom. The van der Waals surface area contributed by atoms with E-state index in [1.165, 1.54) is 12.8 Å². The van der Waals surface area contributed by atoms with E-state index in [9.17, 15) is 4.79 Å². The minimum atomic E-state index is -0.0679. The number of unbranched alkanes of at least 4 members (excludes halogenated alkanes) is 2. The lowest BCUT2D eigenvalue weighted by atomic mass is 10.3. The summed E-state index contributed by atoms with van der Waals surface area (Å²) in [5, 5.41) is 0. The van der Waals surface area contributed by atoms with Gasteiger partial charge in [0.1, 0.15) is 6.73 Å². The first-order valence-electron chi connectivity index (χ1n) is 6.78. The lowest BCUT2D eigenvalue weighted by molar-refractivity contribution is 0.0591. The van der Waals surface area contributed by atoms with Gasteiger partial charge >= 0.3 is 6.03 Å². The molecule has 4 heteroatoms. The van der Waals surface area contributed by atoms with Crippen molar-refractivity contribution in [3.8, 4) is 0 Å². The van der Waals surface area contributed by atoms with Crippen molar-refractivity contribution in [1.82, 2.24) is 4.90 Å². The molecule has 0 saturated heterocycles. The number of anilines is 1. The summed E-state index contributed by atoms with van der Waals surface area (Å²) in [6.07, 6.45) is 3.39. The summed E-state index contributed by atoms with van der Waals surface area (Å²) in [4.78, 5) is 15.3. The molecule has 0 aromatic heterocycles. The van der Waals surface area contributed by atoms with Crippen molar-refractivity contribution < 1.29 is 9.53 Å². The first-order valence-corrected chi connectivity index (χ1v) is 6.78. The Kier molecular flexibility index (Phi) is 6.97. The van der Waals surface area contributed by atoms with Crippen LogP contribution in [0, 0.1) is 0 Å². The molecule has 106 valence electrons. The molecule has 0 aliphatic carbocycles. The Balaban J connectivity index is 2.35. The van der Waals surface area contributed by atoms with Gasteiger partial charge < -0.3 is 9.64 Å². The fourth-order valence-electron chi connectivity index (χ4n) is 1.73. The van der Waals surface area contributed by atoms with Crippen molar-refractivity contribution in [1.29, 1.82) is 0 Å². The van der Waals surface area contributed by atoms with Gasteiger partial charge in [0.25, 0.3) is 0 Å². The summed E-state index contributed by atoms with van der Waals surface area (Å²) in [5.74, 6) is 0. The van der Waals surface area contributed by atoms with Crippen LogP contribution in [0.2, 0.25) is 0 Å². The highest BCUT2D eigenvalue weighted by Crippen LogP contribution is 2.12. The summed E-state index contributed by atoms with van der Waals surface area (Å²) in [6, 6.07) is 9.52. The van der Waals surface area contributed by atoms with Crippen molar-refractivity contribution in [3.63, 3.8) is 0 Å². The van der Waals surface area contributed by atoms with Gasteiger partial charge in [-0.1, -0.05) is 38.0 Å². The molecule has 0 bridgehead atoms. The minimum absolute atomic E-state index is 0.0679. The zero-order chi connectivity index (χ0) is 14.1. The number of carbonyl (C=O) groups excluding carboxylic acids is 1. The molecule has 4 nitrogen and oxygen atoms in total. The molecule has 1 aromatic rings. The third kappa shape index (κ3) is 5.30. The molecule has 0 radical (unpaired) electrons. The van der Waals surface area contributed by atoms with Crippen LogP contribution < -0.4 is 4.90 Å². The SMILES string of the molecule is CCCCCOCN(C)C(=O)N(C)c1ccccc1. The van der Waals surface area contributed by atoms with E-state index in [0.717, 1.165) is 12.1 Å². The van der Waals surface area contributed by atoms with Crippen LogP contribution in [0.15, 0.2) is 30.3 Å². The van der Waals surface area contributed by atoms with E-state index in [4.69, 9.17) is 4.74 Å². The number of urea groups is 1. The fourth-order valence-corrected chi connectivity index (χ4v) is 1.73. The maximum absolute atomic E-state index is 12.1. The second kappa shape index (κ2) is 8.53. The predicted molar refractivity (Wildman–Crippen MR) is 78.3 cm³/mol. The number of ether oxygens (including phenoxy) is 1. The molecule has 0 spiro atoms. The van der Waals surface area contributed by atoms with Crippen LogP contribution in [0.5, 0.6) is 0 Å². The second-order valence-corrected chi connectivity index (χ2v) is 4.62. The Morgan fingerprint density at radius 1 is 1.16 bits per heavy atom. The normalized spacial score (nSPS) is 10.3. The zero-order valence-corrected chi connectivity index (χ0v) is 12.1. The Hall–Kier alpha value is -1.55. The molecule has 0 atom stereocenters. The van der Waals surface area contributed by atoms with Gasteiger partial charge in [0.05, 0.1) is 0 Å². The van der Waals surface area contributed by atoms with Gasteiger partial charge in [-0.2, -0.15) is 0 Å². The van der Waals surface area contributed by atoms with E-state index < -0.39 is 0 Å². The van der Waals surface area contributed by atoms with Crippen LogP contribution >= 0.6 is 0 Å². The number of nitrogens with zero attached hydrogens (tertiary/aromatic N) is 2. The summed E-state index contributed by atoms with van der Waals surface area (Å²) < 4.78 is 5.48.